The topological polar surface area (TPSA) is 52.0 Å². The van der Waals surface area contributed by atoms with Gasteiger partial charge in [-0.3, -0.25) is 0 Å². The van der Waals surface area contributed by atoms with Crippen LogP contribution in [0.15, 0.2) is 0 Å². The highest BCUT2D eigenvalue weighted by atomic mass is 14.9. The predicted molar refractivity (Wildman–Crippen MR) is 73.8 cm³/mol. The molecule has 4 N–H and O–H groups in total. The van der Waals surface area contributed by atoms with Crippen molar-refractivity contribution in [3.05, 3.63) is 0 Å². The molecule has 2 unspecified atom stereocenters. The van der Waals surface area contributed by atoms with Crippen molar-refractivity contribution >= 4 is 0 Å². The van der Waals surface area contributed by atoms with E-state index in [0.29, 0.717) is 5.92 Å². The summed E-state index contributed by atoms with van der Waals surface area (Å²) in [5.41, 5.74) is 13.2. The first-order chi connectivity index (χ1) is 8.55. The summed E-state index contributed by atoms with van der Waals surface area (Å²) in [5.74, 6) is 5.37. The normalized spacial score (nSPS) is 51.2. The minimum Gasteiger partial charge on any atom is -0.326 e. The molecule has 0 heterocycles. The lowest BCUT2D eigenvalue weighted by Crippen LogP contribution is -2.63. The molecule has 2 atom stereocenters. The van der Waals surface area contributed by atoms with Crippen LogP contribution in [0.5, 0.6) is 0 Å². The van der Waals surface area contributed by atoms with Gasteiger partial charge in [0, 0.05) is 11.6 Å². The van der Waals surface area contributed by atoms with E-state index in [2.05, 4.69) is 6.92 Å². The van der Waals surface area contributed by atoms with Crippen molar-refractivity contribution < 1.29 is 0 Å². The highest BCUT2D eigenvalue weighted by Crippen LogP contribution is 2.58. The molecule has 0 amide bonds. The van der Waals surface area contributed by atoms with Crippen molar-refractivity contribution in [3.63, 3.8) is 0 Å². The fourth-order valence-electron chi connectivity index (χ4n) is 5.95. The molecule has 5 fully saturated rings. The van der Waals surface area contributed by atoms with E-state index in [9.17, 15) is 0 Å². The molecule has 0 aromatic heterocycles. The van der Waals surface area contributed by atoms with E-state index >= 15 is 0 Å². The standard InChI is InChI=1S/C16H28N2/c1-16(18,13-2-3-13)15(17)14-11-5-9-4-10(7-11)8-12(14)6-9/h9-15H,2-8,17-18H2,1H3. The Kier molecular flexibility index (Phi) is 2.43. The molecule has 5 aliphatic rings. The van der Waals surface area contributed by atoms with Gasteiger partial charge in [-0.1, -0.05) is 0 Å². The average Bonchev–Trinajstić information content (AvgIpc) is 3.10. The van der Waals surface area contributed by atoms with Gasteiger partial charge in [-0.2, -0.15) is 0 Å². The summed E-state index contributed by atoms with van der Waals surface area (Å²) in [7, 11) is 0. The lowest BCUT2D eigenvalue weighted by Gasteiger charge is -2.58. The zero-order chi connectivity index (χ0) is 12.5. The SMILES string of the molecule is CC(N)(C1CC1)C(N)C1C2CC3CC(C2)CC1C3. The zero-order valence-corrected chi connectivity index (χ0v) is 11.6. The van der Waals surface area contributed by atoms with E-state index < -0.39 is 0 Å². The Bertz CT molecular complexity index is 317. The minimum atomic E-state index is -0.0972. The summed E-state index contributed by atoms with van der Waals surface area (Å²) in [6, 6.07) is 0.250. The molecular weight excluding hydrogens is 220 g/mol. The van der Waals surface area contributed by atoms with Crippen molar-refractivity contribution in [3.8, 4) is 0 Å². The van der Waals surface area contributed by atoms with E-state index in [1.807, 2.05) is 0 Å². The third-order valence-corrected chi connectivity index (χ3v) is 6.89. The number of hydrogen-bond acceptors (Lipinski definition) is 2. The van der Waals surface area contributed by atoms with Crippen LogP contribution in [0.4, 0.5) is 0 Å². The fraction of sp³-hybridized carbons (Fsp3) is 1.00. The molecular formula is C16H28N2. The number of hydrogen-bond donors (Lipinski definition) is 2. The molecule has 2 nitrogen and oxygen atoms in total. The lowest BCUT2D eigenvalue weighted by atomic mass is 9.49. The zero-order valence-electron chi connectivity index (χ0n) is 11.6. The van der Waals surface area contributed by atoms with Gasteiger partial charge >= 0.3 is 0 Å². The smallest absolute Gasteiger partial charge is 0.0310 e. The van der Waals surface area contributed by atoms with E-state index in [4.69, 9.17) is 11.5 Å². The van der Waals surface area contributed by atoms with E-state index in [-0.39, 0.29) is 11.6 Å². The van der Waals surface area contributed by atoms with Gasteiger partial charge in [0.2, 0.25) is 0 Å². The van der Waals surface area contributed by atoms with Gasteiger partial charge in [0.1, 0.15) is 0 Å². The average molecular weight is 248 g/mol. The molecule has 5 aliphatic carbocycles. The Hall–Kier alpha value is -0.0800. The van der Waals surface area contributed by atoms with Crippen molar-refractivity contribution in [2.45, 2.75) is 63.5 Å². The third kappa shape index (κ3) is 1.61. The van der Waals surface area contributed by atoms with Crippen LogP contribution in [0.25, 0.3) is 0 Å². The van der Waals surface area contributed by atoms with Gasteiger partial charge in [-0.05, 0) is 87.4 Å². The van der Waals surface area contributed by atoms with E-state index in [1.54, 1.807) is 0 Å². The van der Waals surface area contributed by atoms with E-state index in [0.717, 1.165) is 29.6 Å². The van der Waals surface area contributed by atoms with Crippen LogP contribution in [0.1, 0.15) is 51.9 Å². The Morgan fingerprint density at radius 2 is 1.44 bits per heavy atom. The molecule has 0 aromatic carbocycles. The number of rotatable bonds is 3. The molecule has 0 spiro atoms. The monoisotopic (exact) mass is 248 g/mol. The molecule has 18 heavy (non-hydrogen) atoms. The van der Waals surface area contributed by atoms with Crippen LogP contribution >= 0.6 is 0 Å². The molecule has 0 radical (unpaired) electrons. The summed E-state index contributed by atoms with van der Waals surface area (Å²) in [4.78, 5) is 0. The first kappa shape index (κ1) is 11.7. The van der Waals surface area contributed by atoms with Crippen molar-refractivity contribution in [2.75, 3.05) is 0 Å². The maximum absolute atomic E-state index is 6.69. The van der Waals surface area contributed by atoms with Crippen LogP contribution in [0.2, 0.25) is 0 Å². The highest BCUT2D eigenvalue weighted by Gasteiger charge is 2.54. The van der Waals surface area contributed by atoms with Gasteiger partial charge in [-0.25, -0.2) is 0 Å². The van der Waals surface area contributed by atoms with Crippen LogP contribution in [-0.2, 0) is 0 Å². The Balaban J connectivity index is 1.57. The molecule has 5 saturated carbocycles. The maximum Gasteiger partial charge on any atom is 0.0310 e. The maximum atomic E-state index is 6.69. The summed E-state index contributed by atoms with van der Waals surface area (Å²) in [6.45, 7) is 2.24. The van der Waals surface area contributed by atoms with Gasteiger partial charge in [-0.15, -0.1) is 0 Å². The van der Waals surface area contributed by atoms with Crippen molar-refractivity contribution in [1.82, 2.24) is 0 Å². The quantitative estimate of drug-likeness (QED) is 0.806. The van der Waals surface area contributed by atoms with Gasteiger partial charge in [0.05, 0.1) is 0 Å². The largest absolute Gasteiger partial charge is 0.326 e. The second-order valence-electron chi connectivity index (χ2n) is 8.17. The first-order valence-corrected chi connectivity index (χ1v) is 8.10. The first-order valence-electron chi connectivity index (χ1n) is 8.10. The second kappa shape index (κ2) is 3.73. The molecule has 0 aliphatic heterocycles. The Labute approximate surface area is 111 Å². The van der Waals surface area contributed by atoms with Gasteiger partial charge in [0.15, 0.2) is 0 Å². The van der Waals surface area contributed by atoms with Crippen LogP contribution < -0.4 is 11.5 Å². The summed E-state index contributed by atoms with van der Waals surface area (Å²) in [5, 5.41) is 0. The highest BCUT2D eigenvalue weighted by molar-refractivity contribution is 5.10. The van der Waals surface area contributed by atoms with Gasteiger partial charge < -0.3 is 11.5 Å². The molecule has 0 saturated heterocycles. The molecule has 102 valence electrons. The predicted octanol–water partition coefficient (Wildman–Crippen LogP) is 2.51. The minimum absolute atomic E-state index is 0.0972. The van der Waals surface area contributed by atoms with Crippen LogP contribution in [-0.4, -0.2) is 11.6 Å². The third-order valence-electron chi connectivity index (χ3n) is 6.89. The van der Waals surface area contributed by atoms with Crippen molar-refractivity contribution in [2.24, 2.45) is 47.0 Å². The summed E-state index contributed by atoms with van der Waals surface area (Å²) in [6.07, 6.45) is 10.0. The lowest BCUT2D eigenvalue weighted by molar-refractivity contribution is -0.0574. The number of nitrogens with two attached hydrogens (primary N) is 2. The Morgan fingerprint density at radius 1 is 0.944 bits per heavy atom. The van der Waals surface area contributed by atoms with Crippen LogP contribution in [0, 0.1) is 35.5 Å². The molecule has 0 aromatic rings. The molecule has 5 rings (SSSR count). The molecule has 4 bridgehead atoms. The van der Waals surface area contributed by atoms with Crippen LogP contribution in [0.3, 0.4) is 0 Å². The second-order valence-corrected chi connectivity index (χ2v) is 8.17. The summed E-state index contributed by atoms with van der Waals surface area (Å²) < 4.78 is 0. The summed E-state index contributed by atoms with van der Waals surface area (Å²) >= 11 is 0. The Morgan fingerprint density at radius 3 is 1.89 bits per heavy atom. The molecule has 2 heteroatoms. The van der Waals surface area contributed by atoms with E-state index in [1.165, 1.54) is 44.9 Å². The van der Waals surface area contributed by atoms with Gasteiger partial charge in [0.25, 0.3) is 0 Å². The fourth-order valence-corrected chi connectivity index (χ4v) is 5.95. The van der Waals surface area contributed by atoms with Crippen molar-refractivity contribution in [1.29, 1.82) is 0 Å².